The molecule has 0 aliphatic rings. The summed E-state index contributed by atoms with van der Waals surface area (Å²) < 4.78 is 35.5. The Bertz CT molecular complexity index is 1820. The van der Waals surface area contributed by atoms with Gasteiger partial charge in [-0.15, -0.1) is 12.8 Å². The van der Waals surface area contributed by atoms with Crippen molar-refractivity contribution in [2.75, 3.05) is 40.1 Å². The van der Waals surface area contributed by atoms with Crippen LogP contribution in [0.3, 0.4) is 0 Å². The molecule has 7 heteroatoms. The number of carbonyl (C=O) groups excluding carboxylic acids is 1. The number of rotatable bonds is 17. The predicted octanol–water partition coefficient (Wildman–Crippen LogP) is 9.23. The van der Waals surface area contributed by atoms with Gasteiger partial charge >= 0.3 is 5.97 Å². The van der Waals surface area contributed by atoms with E-state index < -0.39 is 0 Å². The van der Waals surface area contributed by atoms with Gasteiger partial charge in [-0.3, -0.25) is 4.79 Å². The third kappa shape index (κ3) is 12.5. The summed E-state index contributed by atoms with van der Waals surface area (Å²) in [6, 6.07) is 11.3. The fourth-order valence-electron chi connectivity index (χ4n) is 5.03. The molecule has 0 amide bonds. The normalized spacial score (nSPS) is 10.4. The number of ether oxygens (including phenoxy) is 6. The molecule has 0 unspecified atom stereocenters. The van der Waals surface area contributed by atoms with Crippen LogP contribution in [-0.4, -0.2) is 46.1 Å². The zero-order valence-corrected chi connectivity index (χ0v) is 33.3. The molecule has 0 radical (unpaired) electrons. The maximum absolute atomic E-state index is 11.9. The summed E-state index contributed by atoms with van der Waals surface area (Å²) >= 11 is 0. The van der Waals surface area contributed by atoms with Crippen molar-refractivity contribution in [2.24, 2.45) is 0 Å². The molecule has 0 aliphatic heterocycles. The van der Waals surface area contributed by atoms with Gasteiger partial charge in [0, 0.05) is 30.7 Å². The smallest absolute Gasteiger partial charge is 0.305 e. The zero-order valence-electron chi connectivity index (χ0n) is 33.3. The van der Waals surface area contributed by atoms with Crippen molar-refractivity contribution >= 4 is 5.97 Å². The van der Waals surface area contributed by atoms with E-state index in [4.69, 9.17) is 41.3 Å². The third-order valence-corrected chi connectivity index (χ3v) is 7.94. The van der Waals surface area contributed by atoms with E-state index in [0.29, 0.717) is 95.0 Å². The predicted molar refractivity (Wildman–Crippen MR) is 216 cm³/mol. The topological polar surface area (TPSA) is 72.5 Å². The van der Waals surface area contributed by atoms with Crippen LogP contribution < -0.4 is 23.7 Å². The lowest BCUT2D eigenvalue weighted by Crippen LogP contribution is -2.13. The minimum Gasteiger partial charge on any atom is -0.492 e. The number of esters is 1. The van der Waals surface area contributed by atoms with Crippen molar-refractivity contribution in [3.8, 4) is 77.1 Å². The summed E-state index contributed by atoms with van der Waals surface area (Å²) in [5.41, 5.74) is 4.46. The number of methoxy groups -OCH3 is 1. The highest BCUT2D eigenvalue weighted by Crippen LogP contribution is 2.34. The second-order valence-electron chi connectivity index (χ2n) is 13.6. The second kappa shape index (κ2) is 21.8. The Morgan fingerprint density at radius 3 is 1.28 bits per heavy atom. The molecule has 284 valence electrons. The number of hydrogen-bond donors (Lipinski definition) is 0. The van der Waals surface area contributed by atoms with Crippen LogP contribution in [0.15, 0.2) is 36.4 Å². The zero-order chi connectivity index (χ0) is 39.5. The fourth-order valence-corrected chi connectivity index (χ4v) is 5.03. The van der Waals surface area contributed by atoms with Crippen molar-refractivity contribution in [1.82, 2.24) is 0 Å². The number of hydrogen-bond acceptors (Lipinski definition) is 7. The van der Waals surface area contributed by atoms with E-state index in [1.165, 1.54) is 7.11 Å². The van der Waals surface area contributed by atoms with Crippen molar-refractivity contribution < 1.29 is 33.2 Å². The lowest BCUT2D eigenvalue weighted by molar-refractivity contribution is -0.140. The van der Waals surface area contributed by atoms with E-state index in [0.717, 1.165) is 31.2 Å². The van der Waals surface area contributed by atoms with E-state index in [9.17, 15) is 4.79 Å². The van der Waals surface area contributed by atoms with Crippen LogP contribution in [0.5, 0.6) is 28.7 Å². The largest absolute Gasteiger partial charge is 0.492 e. The summed E-state index contributed by atoms with van der Waals surface area (Å²) in [7, 11) is 1.37. The van der Waals surface area contributed by atoms with Crippen molar-refractivity contribution in [2.45, 2.75) is 92.4 Å². The van der Waals surface area contributed by atoms with Crippen LogP contribution in [0.1, 0.15) is 126 Å². The summed E-state index contributed by atoms with van der Waals surface area (Å²) in [6.07, 6.45) is 15.6. The average Bonchev–Trinajstić information content (AvgIpc) is 3.17. The Kier molecular flexibility index (Phi) is 17.3. The van der Waals surface area contributed by atoms with Gasteiger partial charge < -0.3 is 28.4 Å². The standard InChI is InChI=1S/C47H54O7/c1-11-23-50-41-32-36(43(52-25-13-3)30-34(41)15-5)19-21-38-28-40(47(7,8)9)29-39(46(38)54-27-17-18-45(48)49-10)22-20-37-33-42(51-24-12-2)35(16-6)31-44(37)53-26-14-4/h5-6,28-33H,11-14,17-18,23-27H2,1-4,7-10H3. The van der Waals surface area contributed by atoms with E-state index in [-0.39, 0.29) is 24.4 Å². The molecule has 0 spiro atoms. The van der Waals surface area contributed by atoms with E-state index in [2.05, 4.69) is 56.3 Å². The first kappa shape index (κ1) is 42.8. The third-order valence-electron chi connectivity index (χ3n) is 7.94. The molecule has 54 heavy (non-hydrogen) atoms. The van der Waals surface area contributed by atoms with Crippen LogP contribution in [0, 0.1) is 48.4 Å². The number of terminal acetylenes is 2. The molecule has 0 bridgehead atoms. The molecule has 3 aromatic carbocycles. The monoisotopic (exact) mass is 730 g/mol. The van der Waals surface area contributed by atoms with Crippen LogP contribution in [0.2, 0.25) is 0 Å². The minimum absolute atomic E-state index is 0.207. The molecule has 0 N–H and O–H groups in total. The summed E-state index contributed by atoms with van der Waals surface area (Å²) in [4.78, 5) is 11.9. The summed E-state index contributed by atoms with van der Waals surface area (Å²) in [5, 5.41) is 0. The van der Waals surface area contributed by atoms with Gasteiger partial charge in [0.2, 0.25) is 0 Å². The second-order valence-corrected chi connectivity index (χ2v) is 13.6. The van der Waals surface area contributed by atoms with Gasteiger partial charge in [0.1, 0.15) is 23.0 Å². The molecule has 0 saturated carbocycles. The first-order chi connectivity index (χ1) is 26.0. The van der Waals surface area contributed by atoms with Crippen molar-refractivity contribution in [3.05, 3.63) is 75.3 Å². The number of carbonyl (C=O) groups is 1. The lowest BCUT2D eigenvalue weighted by atomic mass is 9.84. The quantitative estimate of drug-likeness (QED) is 0.0779. The van der Waals surface area contributed by atoms with Gasteiger partial charge in [0.05, 0.1) is 73.5 Å². The molecule has 0 atom stereocenters. The SMILES string of the molecule is C#Cc1cc(OCCC)c(C#Cc2cc(C(C)(C)C)cc(C#Cc3cc(OCCC)c(C#C)cc3OCCC)c2OCCCC(=O)OC)cc1OCCC. The highest BCUT2D eigenvalue weighted by molar-refractivity contribution is 5.69. The highest BCUT2D eigenvalue weighted by Gasteiger charge is 2.20. The van der Waals surface area contributed by atoms with E-state index in [1.807, 2.05) is 52.0 Å². The molecular formula is C47H54O7. The van der Waals surface area contributed by atoms with Gasteiger partial charge in [-0.25, -0.2) is 0 Å². The first-order valence-electron chi connectivity index (χ1n) is 18.8. The Morgan fingerprint density at radius 2 is 0.926 bits per heavy atom. The summed E-state index contributed by atoms with van der Waals surface area (Å²) in [6.45, 7) is 16.8. The molecule has 0 fully saturated rings. The Morgan fingerprint density at radius 1 is 0.556 bits per heavy atom. The number of benzene rings is 3. The van der Waals surface area contributed by atoms with Gasteiger partial charge in [0.15, 0.2) is 5.75 Å². The highest BCUT2D eigenvalue weighted by atomic mass is 16.5. The molecule has 3 rings (SSSR count). The Hall–Kier alpha value is -5.63. The van der Waals surface area contributed by atoms with Gasteiger partial charge in [0.25, 0.3) is 0 Å². The first-order valence-corrected chi connectivity index (χ1v) is 18.8. The summed E-state index contributed by atoms with van der Waals surface area (Å²) in [5.74, 6) is 21.3. The van der Waals surface area contributed by atoms with Crippen LogP contribution in [-0.2, 0) is 14.9 Å². The molecular weight excluding hydrogens is 677 g/mol. The average molecular weight is 731 g/mol. The van der Waals surface area contributed by atoms with E-state index >= 15 is 0 Å². The van der Waals surface area contributed by atoms with Gasteiger partial charge in [-0.2, -0.15) is 0 Å². The Labute approximate surface area is 323 Å². The van der Waals surface area contributed by atoms with Crippen LogP contribution >= 0.6 is 0 Å². The maximum atomic E-state index is 11.9. The van der Waals surface area contributed by atoms with E-state index in [1.54, 1.807) is 12.1 Å². The molecule has 0 aromatic heterocycles. The molecule has 0 saturated heterocycles. The van der Waals surface area contributed by atoms with Crippen molar-refractivity contribution in [3.63, 3.8) is 0 Å². The van der Waals surface area contributed by atoms with Crippen molar-refractivity contribution in [1.29, 1.82) is 0 Å². The molecule has 0 heterocycles. The van der Waals surface area contributed by atoms with Crippen LogP contribution in [0.25, 0.3) is 0 Å². The molecule has 3 aromatic rings. The maximum Gasteiger partial charge on any atom is 0.305 e. The van der Waals surface area contributed by atoms with Gasteiger partial charge in [-0.05, 0) is 55.2 Å². The molecule has 0 aliphatic carbocycles. The lowest BCUT2D eigenvalue weighted by Gasteiger charge is -2.22. The minimum atomic E-state index is -0.311. The van der Waals surface area contributed by atoms with Crippen LogP contribution in [0.4, 0.5) is 0 Å². The Balaban J connectivity index is 2.33. The fraction of sp³-hybridized carbons (Fsp3) is 0.426. The van der Waals surface area contributed by atoms with Gasteiger partial charge in [-0.1, -0.05) is 84.0 Å². The molecule has 7 nitrogen and oxygen atoms in total.